The average molecular weight is 312 g/mol. The third-order valence-corrected chi connectivity index (χ3v) is 3.79. The summed E-state index contributed by atoms with van der Waals surface area (Å²) in [7, 11) is 0. The largest absolute Gasteiger partial charge is 0.451 e. The second kappa shape index (κ2) is 6.91. The highest BCUT2D eigenvalue weighted by atomic mass is 35.5. The van der Waals surface area contributed by atoms with Crippen molar-refractivity contribution in [2.75, 3.05) is 11.9 Å². The summed E-state index contributed by atoms with van der Waals surface area (Å²) in [5.74, 6) is -0.885. The van der Waals surface area contributed by atoms with E-state index in [0.29, 0.717) is 23.7 Å². The topological polar surface area (TPSA) is 64.6 Å². The fourth-order valence-corrected chi connectivity index (χ4v) is 2.22. The quantitative estimate of drug-likeness (QED) is 0.868. The molecule has 2 atom stereocenters. The lowest BCUT2D eigenvalue weighted by Crippen LogP contribution is -2.34. The zero-order chi connectivity index (χ0) is 15.4. The molecule has 0 bridgehead atoms. The van der Waals surface area contributed by atoms with Gasteiger partial charge in [-0.2, -0.15) is 0 Å². The Labute approximate surface area is 128 Å². The lowest BCUT2D eigenvalue weighted by molar-refractivity contribution is -0.162. The summed E-state index contributed by atoms with van der Waals surface area (Å²) >= 11 is 5.99. The van der Waals surface area contributed by atoms with Gasteiger partial charge in [-0.3, -0.25) is 4.79 Å². The number of benzene rings is 1. The predicted molar refractivity (Wildman–Crippen MR) is 79.3 cm³/mol. The van der Waals surface area contributed by atoms with Gasteiger partial charge in [-0.25, -0.2) is 4.79 Å². The summed E-state index contributed by atoms with van der Waals surface area (Å²) in [6.45, 7) is 3.89. The Morgan fingerprint density at radius 1 is 1.48 bits per heavy atom. The van der Waals surface area contributed by atoms with Gasteiger partial charge in [-0.15, -0.1) is 0 Å². The summed E-state index contributed by atoms with van der Waals surface area (Å²) in [5.41, 5.74) is 1.37. The monoisotopic (exact) mass is 311 g/mol. The molecule has 1 saturated heterocycles. The fourth-order valence-electron chi connectivity index (χ4n) is 2.04. The minimum absolute atomic E-state index is 0.397. The van der Waals surface area contributed by atoms with Gasteiger partial charge in [0.05, 0.1) is 0 Å². The van der Waals surface area contributed by atoms with E-state index in [1.165, 1.54) is 6.92 Å². The van der Waals surface area contributed by atoms with Crippen LogP contribution in [0, 0.1) is 6.92 Å². The SMILES string of the molecule is Cc1c(Cl)cccc1NC(=O)[C@H](C)OC(=O)[C@H]1CCCO1. The molecule has 114 valence electrons. The Morgan fingerprint density at radius 2 is 2.24 bits per heavy atom. The van der Waals surface area contributed by atoms with Crippen molar-refractivity contribution >= 4 is 29.2 Å². The first kappa shape index (κ1) is 15.8. The molecule has 1 heterocycles. The smallest absolute Gasteiger partial charge is 0.336 e. The molecule has 6 heteroatoms. The van der Waals surface area contributed by atoms with Crippen LogP contribution in [0.2, 0.25) is 5.02 Å². The molecule has 1 amide bonds. The van der Waals surface area contributed by atoms with Gasteiger partial charge < -0.3 is 14.8 Å². The summed E-state index contributed by atoms with van der Waals surface area (Å²) in [6, 6.07) is 5.23. The number of esters is 1. The van der Waals surface area contributed by atoms with E-state index in [2.05, 4.69) is 5.32 Å². The van der Waals surface area contributed by atoms with Crippen molar-refractivity contribution < 1.29 is 19.1 Å². The minimum Gasteiger partial charge on any atom is -0.451 e. The summed E-state index contributed by atoms with van der Waals surface area (Å²) in [5, 5.41) is 3.27. The molecule has 1 aromatic rings. The Kier molecular flexibility index (Phi) is 5.20. The highest BCUT2D eigenvalue weighted by Crippen LogP contribution is 2.23. The zero-order valence-electron chi connectivity index (χ0n) is 12.0. The van der Waals surface area contributed by atoms with Gasteiger partial charge in [0.15, 0.2) is 12.2 Å². The van der Waals surface area contributed by atoms with E-state index in [9.17, 15) is 9.59 Å². The van der Waals surface area contributed by atoms with Crippen LogP contribution >= 0.6 is 11.6 Å². The van der Waals surface area contributed by atoms with Gasteiger partial charge in [0.2, 0.25) is 0 Å². The third-order valence-electron chi connectivity index (χ3n) is 3.38. The summed E-state index contributed by atoms with van der Waals surface area (Å²) in [4.78, 5) is 23.8. The number of nitrogens with one attached hydrogen (secondary N) is 1. The van der Waals surface area contributed by atoms with Crippen LogP contribution in [0.5, 0.6) is 0 Å². The summed E-state index contributed by atoms with van der Waals surface area (Å²) in [6.07, 6.45) is 0.0380. The van der Waals surface area contributed by atoms with E-state index >= 15 is 0 Å². The maximum absolute atomic E-state index is 12.1. The molecule has 0 aliphatic carbocycles. The molecule has 0 aromatic heterocycles. The first-order valence-corrected chi connectivity index (χ1v) is 7.25. The molecular formula is C15H18ClNO4. The summed E-state index contributed by atoms with van der Waals surface area (Å²) < 4.78 is 10.4. The lowest BCUT2D eigenvalue weighted by Gasteiger charge is -2.17. The van der Waals surface area contributed by atoms with E-state index in [-0.39, 0.29) is 0 Å². The maximum Gasteiger partial charge on any atom is 0.336 e. The van der Waals surface area contributed by atoms with E-state index in [4.69, 9.17) is 21.1 Å². The van der Waals surface area contributed by atoms with Gasteiger partial charge in [0, 0.05) is 17.3 Å². The van der Waals surface area contributed by atoms with Crippen LogP contribution in [0.4, 0.5) is 5.69 Å². The third kappa shape index (κ3) is 3.95. The molecule has 1 fully saturated rings. The Morgan fingerprint density at radius 3 is 2.90 bits per heavy atom. The van der Waals surface area contributed by atoms with Crippen molar-refractivity contribution in [1.82, 2.24) is 0 Å². The van der Waals surface area contributed by atoms with E-state index in [1.54, 1.807) is 25.1 Å². The van der Waals surface area contributed by atoms with Crippen LogP contribution in [0.1, 0.15) is 25.3 Å². The lowest BCUT2D eigenvalue weighted by atomic mass is 10.2. The number of hydrogen-bond donors (Lipinski definition) is 1. The number of anilines is 1. The van der Waals surface area contributed by atoms with Gasteiger partial charge in [0.1, 0.15) is 0 Å². The number of rotatable bonds is 4. The van der Waals surface area contributed by atoms with E-state index in [1.807, 2.05) is 0 Å². The van der Waals surface area contributed by atoms with Gasteiger partial charge in [-0.1, -0.05) is 17.7 Å². The first-order valence-electron chi connectivity index (χ1n) is 6.87. The molecule has 0 unspecified atom stereocenters. The highest BCUT2D eigenvalue weighted by Gasteiger charge is 2.28. The number of halogens is 1. The molecule has 1 aliphatic rings. The Hall–Kier alpha value is -1.59. The van der Waals surface area contributed by atoms with Crippen molar-refractivity contribution in [2.45, 2.75) is 38.9 Å². The molecule has 0 radical (unpaired) electrons. The first-order chi connectivity index (χ1) is 9.99. The van der Waals surface area contributed by atoms with Gasteiger partial charge >= 0.3 is 5.97 Å². The van der Waals surface area contributed by atoms with Crippen LogP contribution in [0.25, 0.3) is 0 Å². The van der Waals surface area contributed by atoms with Crippen molar-refractivity contribution in [3.05, 3.63) is 28.8 Å². The molecular weight excluding hydrogens is 294 g/mol. The van der Waals surface area contributed by atoms with Gasteiger partial charge in [0.25, 0.3) is 5.91 Å². The van der Waals surface area contributed by atoms with Gasteiger partial charge in [-0.05, 0) is 44.4 Å². The minimum atomic E-state index is -0.889. The van der Waals surface area contributed by atoms with Crippen molar-refractivity contribution in [1.29, 1.82) is 0 Å². The normalized spacial score (nSPS) is 19.1. The fraction of sp³-hybridized carbons (Fsp3) is 0.467. The average Bonchev–Trinajstić information content (AvgIpc) is 2.98. The van der Waals surface area contributed by atoms with E-state index < -0.39 is 24.1 Å². The molecule has 0 saturated carbocycles. The predicted octanol–water partition coefficient (Wildman–Crippen LogP) is 2.70. The number of carbonyl (C=O) groups is 2. The van der Waals surface area contributed by atoms with E-state index in [0.717, 1.165) is 12.0 Å². The highest BCUT2D eigenvalue weighted by molar-refractivity contribution is 6.31. The Bertz CT molecular complexity index is 540. The zero-order valence-corrected chi connectivity index (χ0v) is 12.8. The van der Waals surface area contributed by atoms with Crippen LogP contribution < -0.4 is 5.32 Å². The second-order valence-electron chi connectivity index (χ2n) is 4.98. The number of ether oxygens (including phenoxy) is 2. The second-order valence-corrected chi connectivity index (χ2v) is 5.39. The molecule has 0 spiro atoms. The molecule has 2 rings (SSSR count). The van der Waals surface area contributed by atoms with Crippen molar-refractivity contribution in [2.24, 2.45) is 0 Å². The Balaban J connectivity index is 1.93. The van der Waals surface area contributed by atoms with Crippen LogP contribution in [0.3, 0.4) is 0 Å². The number of hydrogen-bond acceptors (Lipinski definition) is 4. The number of amides is 1. The molecule has 1 aliphatic heterocycles. The molecule has 1 N–H and O–H groups in total. The molecule has 5 nitrogen and oxygen atoms in total. The molecule has 1 aromatic carbocycles. The van der Waals surface area contributed by atoms with Crippen LogP contribution in [-0.2, 0) is 19.1 Å². The maximum atomic E-state index is 12.1. The standard InChI is InChI=1S/C15H18ClNO4/c1-9-11(16)5-3-6-12(9)17-14(18)10(2)21-15(19)13-7-4-8-20-13/h3,5-6,10,13H,4,7-8H2,1-2H3,(H,17,18)/t10-,13+/m0/s1. The van der Waals surface area contributed by atoms with Crippen LogP contribution in [0.15, 0.2) is 18.2 Å². The van der Waals surface area contributed by atoms with Crippen molar-refractivity contribution in [3.63, 3.8) is 0 Å². The molecule has 21 heavy (non-hydrogen) atoms. The van der Waals surface area contributed by atoms with Crippen LogP contribution in [-0.4, -0.2) is 30.7 Å². The van der Waals surface area contributed by atoms with Crippen molar-refractivity contribution in [3.8, 4) is 0 Å². The number of carbonyl (C=O) groups excluding carboxylic acids is 2.